The Labute approximate surface area is 257 Å². The van der Waals surface area contributed by atoms with Gasteiger partial charge in [-0.15, -0.1) is 0 Å². The molecule has 0 radical (unpaired) electrons. The van der Waals surface area contributed by atoms with Crippen LogP contribution in [0.1, 0.15) is 53.3 Å². The summed E-state index contributed by atoms with van der Waals surface area (Å²) in [5.74, 6) is 0.684. The Morgan fingerprint density at radius 3 is 2.84 bits per heavy atom. The highest BCUT2D eigenvalue weighted by Gasteiger charge is 2.25. The molecule has 4 heterocycles. The summed E-state index contributed by atoms with van der Waals surface area (Å²) < 4.78 is 38.8. The first-order chi connectivity index (χ1) is 21.5. The van der Waals surface area contributed by atoms with Crippen molar-refractivity contribution in [3.8, 4) is 5.88 Å². The predicted molar refractivity (Wildman–Crippen MR) is 162 cm³/mol. The molecule has 9 nitrogen and oxygen atoms in total. The molecular weight excluding hydrogens is 587 g/mol. The van der Waals surface area contributed by atoms with E-state index in [2.05, 4.69) is 20.6 Å². The van der Waals surface area contributed by atoms with Crippen molar-refractivity contribution >= 4 is 45.1 Å². The van der Waals surface area contributed by atoms with Crippen LogP contribution in [0.15, 0.2) is 59.4 Å². The second-order valence-electron chi connectivity index (χ2n) is 11.2. The molecule has 1 saturated heterocycles. The van der Waals surface area contributed by atoms with Crippen LogP contribution in [-0.2, 0) is 29.0 Å². The second-order valence-corrected chi connectivity index (χ2v) is 11.6. The molecule has 0 saturated carbocycles. The van der Waals surface area contributed by atoms with Gasteiger partial charge in [0.05, 0.1) is 53.8 Å². The number of methoxy groups -OCH3 is 1. The molecule has 11 heteroatoms. The van der Waals surface area contributed by atoms with Crippen molar-refractivity contribution in [3.63, 3.8) is 0 Å². The van der Waals surface area contributed by atoms with E-state index in [1.807, 2.05) is 12.1 Å². The number of benzene rings is 2. The Balaban J connectivity index is 1.07. The maximum absolute atomic E-state index is 14.6. The molecular formula is C33H30ClFN4O5. The third-order valence-electron chi connectivity index (χ3n) is 8.43. The molecule has 5 aromatic rings. The number of nitrogens with zero attached hydrogens (tertiary/aromatic N) is 4. The molecule has 7 rings (SSSR count). The zero-order valence-corrected chi connectivity index (χ0v) is 24.8. The van der Waals surface area contributed by atoms with Crippen molar-refractivity contribution in [1.29, 1.82) is 0 Å². The predicted octanol–water partition coefficient (Wildman–Crippen LogP) is 6.95. The smallest absolute Gasteiger partial charge is 0.337 e. The Hall–Kier alpha value is -4.28. The van der Waals surface area contributed by atoms with Crippen LogP contribution in [0, 0.1) is 11.7 Å². The lowest BCUT2D eigenvalue weighted by atomic mass is 9.87. The summed E-state index contributed by atoms with van der Waals surface area (Å²) in [5, 5.41) is 1.35. The number of furan rings is 1. The van der Waals surface area contributed by atoms with Gasteiger partial charge in [-0.1, -0.05) is 23.7 Å². The van der Waals surface area contributed by atoms with E-state index < -0.39 is 5.82 Å². The van der Waals surface area contributed by atoms with Gasteiger partial charge in [0, 0.05) is 24.0 Å². The highest BCUT2D eigenvalue weighted by Crippen LogP contribution is 2.33. The number of ether oxygens (including phenoxy) is 3. The minimum atomic E-state index is -0.627. The molecule has 2 atom stereocenters. The Morgan fingerprint density at radius 1 is 1.18 bits per heavy atom. The maximum atomic E-state index is 14.6. The number of allylic oxidation sites excluding steroid dienone is 2. The number of hydrogen-bond acceptors (Lipinski definition) is 8. The third kappa shape index (κ3) is 5.55. The highest BCUT2D eigenvalue weighted by atomic mass is 35.5. The molecule has 0 bridgehead atoms. The van der Waals surface area contributed by atoms with Crippen molar-refractivity contribution in [2.24, 2.45) is 5.92 Å². The maximum Gasteiger partial charge on any atom is 0.337 e. The Morgan fingerprint density at radius 2 is 2.07 bits per heavy atom. The lowest BCUT2D eigenvalue weighted by molar-refractivity contribution is -0.0590. The summed E-state index contributed by atoms with van der Waals surface area (Å²) in [6, 6.07) is 10.8. The summed E-state index contributed by atoms with van der Waals surface area (Å²) in [6.45, 7) is 1.53. The van der Waals surface area contributed by atoms with Crippen molar-refractivity contribution in [2.45, 2.75) is 51.4 Å². The van der Waals surface area contributed by atoms with Gasteiger partial charge in [-0.05, 0) is 67.5 Å². The van der Waals surface area contributed by atoms with Gasteiger partial charge in [-0.3, -0.25) is 0 Å². The van der Waals surface area contributed by atoms with E-state index >= 15 is 0 Å². The molecule has 2 aromatic carbocycles. The molecule has 1 unspecified atom stereocenters. The van der Waals surface area contributed by atoms with E-state index in [1.165, 1.54) is 7.11 Å². The number of carbonyl (C=O) groups is 1. The average molecular weight is 617 g/mol. The monoisotopic (exact) mass is 616 g/mol. The minimum absolute atomic E-state index is 0.0731. The largest absolute Gasteiger partial charge is 0.470 e. The van der Waals surface area contributed by atoms with E-state index in [0.29, 0.717) is 34.5 Å². The Kier molecular flexibility index (Phi) is 7.78. The van der Waals surface area contributed by atoms with E-state index in [4.69, 9.17) is 35.2 Å². The number of hydrogen-bond donors (Lipinski definition) is 0. The number of imidazole rings is 1. The van der Waals surface area contributed by atoms with Crippen LogP contribution in [0.25, 0.3) is 27.6 Å². The highest BCUT2D eigenvalue weighted by molar-refractivity contribution is 6.35. The lowest BCUT2D eigenvalue weighted by Gasteiger charge is -2.28. The minimum Gasteiger partial charge on any atom is -0.470 e. The first-order valence-electron chi connectivity index (χ1n) is 14.6. The molecule has 1 fully saturated rings. The van der Waals surface area contributed by atoms with Crippen LogP contribution in [0.5, 0.6) is 5.88 Å². The molecule has 0 amide bonds. The number of esters is 1. The van der Waals surface area contributed by atoms with Crippen LogP contribution >= 0.6 is 11.6 Å². The number of aromatic nitrogens is 4. The van der Waals surface area contributed by atoms with Gasteiger partial charge in [0.25, 0.3) is 5.88 Å². The van der Waals surface area contributed by atoms with Gasteiger partial charge in [0.2, 0.25) is 5.82 Å². The fourth-order valence-corrected chi connectivity index (χ4v) is 6.11. The van der Waals surface area contributed by atoms with Gasteiger partial charge in [-0.25, -0.2) is 14.8 Å². The van der Waals surface area contributed by atoms with Crippen LogP contribution in [0.3, 0.4) is 0 Å². The van der Waals surface area contributed by atoms with Crippen molar-refractivity contribution in [2.75, 3.05) is 13.7 Å². The molecule has 2 aliphatic rings. The van der Waals surface area contributed by atoms with Gasteiger partial charge in [-0.2, -0.15) is 9.37 Å². The van der Waals surface area contributed by atoms with Crippen LogP contribution in [-0.4, -0.2) is 45.3 Å². The van der Waals surface area contributed by atoms with Gasteiger partial charge in [0.15, 0.2) is 5.82 Å². The van der Waals surface area contributed by atoms with Gasteiger partial charge < -0.3 is 23.2 Å². The van der Waals surface area contributed by atoms with E-state index in [-0.39, 0.29) is 24.6 Å². The number of carbonyl (C=O) groups excluding carboxylic acids is 1. The van der Waals surface area contributed by atoms with Gasteiger partial charge in [0.1, 0.15) is 18.0 Å². The molecule has 1 aliphatic carbocycles. The fourth-order valence-electron chi connectivity index (χ4n) is 5.90. The van der Waals surface area contributed by atoms with Crippen molar-refractivity contribution in [1.82, 2.24) is 19.5 Å². The first kappa shape index (κ1) is 28.5. The molecule has 0 spiro atoms. The standard InChI is InChI=1S/C33H30ClFN4O5/c1-41-33(40)21-7-9-27-28(15-21)39(17-23-10-12-42-23)29(37-27)14-19-2-4-20(5-3-19)31-36-16-26(35)32(38-31)44-18-22-6-8-25(34)24-11-13-43-30(22)24/h4,6-9,11,13,15-16,19,23H,2-3,5,10,12,14,17-18H2,1H3/t19?,23-/m0/s1. The lowest BCUT2D eigenvalue weighted by Crippen LogP contribution is -2.32. The molecule has 226 valence electrons. The summed E-state index contributed by atoms with van der Waals surface area (Å²) in [7, 11) is 1.38. The fraction of sp³-hybridized carbons (Fsp3) is 0.333. The quantitative estimate of drug-likeness (QED) is 0.164. The average Bonchev–Trinajstić information content (AvgIpc) is 3.65. The van der Waals surface area contributed by atoms with E-state index in [1.54, 1.807) is 30.5 Å². The topological polar surface area (TPSA) is 102 Å². The number of rotatable bonds is 9. The normalized spacial score (nSPS) is 18.3. The summed E-state index contributed by atoms with van der Waals surface area (Å²) >= 11 is 6.24. The van der Waals surface area contributed by atoms with Crippen molar-refractivity contribution in [3.05, 3.63) is 88.5 Å². The van der Waals surface area contributed by atoms with E-state index in [9.17, 15) is 9.18 Å². The summed E-state index contributed by atoms with van der Waals surface area (Å²) in [6.07, 6.45) is 9.23. The third-order valence-corrected chi connectivity index (χ3v) is 8.76. The molecule has 0 N–H and O–H groups in total. The zero-order chi connectivity index (χ0) is 30.2. The van der Waals surface area contributed by atoms with E-state index in [0.717, 1.165) is 78.3 Å². The Bertz CT molecular complexity index is 1900. The van der Waals surface area contributed by atoms with Crippen LogP contribution in [0.4, 0.5) is 4.39 Å². The van der Waals surface area contributed by atoms with Gasteiger partial charge >= 0.3 is 5.97 Å². The molecule has 44 heavy (non-hydrogen) atoms. The zero-order valence-electron chi connectivity index (χ0n) is 24.1. The molecule has 1 aliphatic heterocycles. The number of fused-ring (bicyclic) bond motifs is 2. The molecule has 3 aromatic heterocycles. The van der Waals surface area contributed by atoms with Crippen molar-refractivity contribution < 1.29 is 27.8 Å². The first-order valence-corrected chi connectivity index (χ1v) is 15.0. The summed E-state index contributed by atoms with van der Waals surface area (Å²) in [5.41, 5.74) is 4.56. The second kappa shape index (κ2) is 12.0. The summed E-state index contributed by atoms with van der Waals surface area (Å²) in [4.78, 5) is 25.8. The van der Waals surface area contributed by atoms with Crippen LogP contribution < -0.4 is 4.74 Å². The number of halogens is 2. The van der Waals surface area contributed by atoms with Crippen LogP contribution in [0.2, 0.25) is 5.02 Å². The SMILES string of the molecule is COC(=O)c1ccc2nc(CC3CC=C(c4ncc(F)c(OCc5ccc(Cl)c6ccoc56)n4)CC3)n(C[C@@H]3CCO3)c2c1.